The van der Waals surface area contributed by atoms with E-state index in [1.165, 1.54) is 31.4 Å². The van der Waals surface area contributed by atoms with Crippen LogP contribution in [-0.4, -0.2) is 12.0 Å². The van der Waals surface area contributed by atoms with Crippen molar-refractivity contribution in [1.29, 1.82) is 0 Å². The Balaban J connectivity index is 2.19. The monoisotopic (exact) mass is 262 g/mol. The van der Waals surface area contributed by atoms with Crippen LogP contribution in [0.2, 0.25) is 0 Å². The normalized spacial score (nSPS) is 10.0. The topological polar surface area (TPSA) is 64.4 Å². The number of rotatable bonds is 4. The Bertz CT molecular complexity index is 599. The summed E-state index contributed by atoms with van der Waals surface area (Å²) < 4.78 is 18.1. The minimum atomic E-state index is -0.468. The molecule has 0 aromatic heterocycles. The minimum Gasteiger partial charge on any atom is -0.494 e. The lowest BCUT2D eigenvalue weighted by atomic mass is 10.2. The van der Waals surface area contributed by atoms with E-state index < -0.39 is 10.7 Å². The summed E-state index contributed by atoms with van der Waals surface area (Å²) in [4.78, 5) is 10.1. The summed E-state index contributed by atoms with van der Waals surface area (Å²) in [6, 6.07) is 10.3. The molecular formula is C13H11FN2O3. The van der Waals surface area contributed by atoms with Gasteiger partial charge in [-0.15, -0.1) is 0 Å². The number of non-ortho nitro benzene ring substituents is 1. The maximum Gasteiger partial charge on any atom is 0.269 e. The third-order valence-corrected chi connectivity index (χ3v) is 2.52. The SMILES string of the molecule is COc1cc(Nc2ccc([N+](=O)[O-])cc2)ccc1F. The fraction of sp³-hybridized carbons (Fsp3) is 0.0769. The molecule has 2 rings (SSSR count). The number of nitrogens with one attached hydrogen (secondary N) is 1. The molecule has 0 spiro atoms. The molecular weight excluding hydrogens is 251 g/mol. The molecule has 2 aromatic rings. The molecule has 0 aliphatic heterocycles. The first-order valence-electron chi connectivity index (χ1n) is 5.45. The van der Waals surface area contributed by atoms with E-state index in [1.807, 2.05) is 0 Å². The first-order valence-corrected chi connectivity index (χ1v) is 5.45. The molecule has 98 valence electrons. The molecule has 0 radical (unpaired) electrons. The fourth-order valence-electron chi connectivity index (χ4n) is 1.57. The maximum absolute atomic E-state index is 13.2. The zero-order valence-corrected chi connectivity index (χ0v) is 10.1. The summed E-state index contributed by atoms with van der Waals surface area (Å²) in [5, 5.41) is 13.5. The van der Waals surface area contributed by atoms with E-state index in [2.05, 4.69) is 5.32 Å². The molecule has 0 unspecified atom stereocenters. The van der Waals surface area contributed by atoms with Crippen molar-refractivity contribution >= 4 is 17.1 Å². The molecule has 2 aromatic carbocycles. The average Bonchev–Trinajstić information content (AvgIpc) is 2.41. The van der Waals surface area contributed by atoms with Gasteiger partial charge in [-0.05, 0) is 24.3 Å². The summed E-state index contributed by atoms with van der Waals surface area (Å²) in [6.07, 6.45) is 0. The second-order valence-corrected chi connectivity index (χ2v) is 3.78. The van der Waals surface area contributed by atoms with Crippen molar-refractivity contribution in [2.24, 2.45) is 0 Å². The Kier molecular flexibility index (Phi) is 3.61. The Hall–Kier alpha value is -2.63. The molecule has 0 heterocycles. The molecule has 0 saturated carbocycles. The molecule has 0 aliphatic carbocycles. The molecule has 0 bridgehead atoms. The van der Waals surface area contributed by atoms with Crippen LogP contribution >= 0.6 is 0 Å². The van der Waals surface area contributed by atoms with Gasteiger partial charge in [0, 0.05) is 29.6 Å². The van der Waals surface area contributed by atoms with Crippen molar-refractivity contribution in [3.05, 3.63) is 58.4 Å². The highest BCUT2D eigenvalue weighted by Gasteiger charge is 2.06. The molecule has 1 N–H and O–H groups in total. The van der Waals surface area contributed by atoms with Crippen molar-refractivity contribution < 1.29 is 14.1 Å². The van der Waals surface area contributed by atoms with Crippen molar-refractivity contribution in [3.8, 4) is 5.75 Å². The maximum atomic E-state index is 13.2. The van der Waals surface area contributed by atoms with E-state index in [4.69, 9.17) is 4.74 Å². The van der Waals surface area contributed by atoms with Gasteiger partial charge in [-0.2, -0.15) is 0 Å². The van der Waals surface area contributed by atoms with Gasteiger partial charge in [0.15, 0.2) is 11.6 Å². The van der Waals surface area contributed by atoms with Gasteiger partial charge in [0.1, 0.15) is 0 Å². The van der Waals surface area contributed by atoms with Crippen molar-refractivity contribution in [1.82, 2.24) is 0 Å². The predicted molar refractivity (Wildman–Crippen MR) is 69.3 cm³/mol. The predicted octanol–water partition coefficient (Wildman–Crippen LogP) is 3.49. The Morgan fingerprint density at radius 3 is 2.37 bits per heavy atom. The average molecular weight is 262 g/mol. The van der Waals surface area contributed by atoms with E-state index in [9.17, 15) is 14.5 Å². The molecule has 0 saturated heterocycles. The van der Waals surface area contributed by atoms with Crippen LogP contribution in [0.4, 0.5) is 21.5 Å². The van der Waals surface area contributed by atoms with E-state index in [0.29, 0.717) is 11.4 Å². The largest absolute Gasteiger partial charge is 0.494 e. The van der Waals surface area contributed by atoms with Crippen LogP contribution in [0.5, 0.6) is 5.75 Å². The second-order valence-electron chi connectivity index (χ2n) is 3.78. The Labute approximate surface area is 108 Å². The van der Waals surface area contributed by atoms with Crippen LogP contribution in [0.1, 0.15) is 0 Å². The molecule has 0 aliphatic rings. The number of halogens is 1. The summed E-state index contributed by atoms with van der Waals surface area (Å²) in [7, 11) is 1.38. The number of nitrogens with zero attached hydrogens (tertiary/aromatic N) is 1. The number of hydrogen-bond acceptors (Lipinski definition) is 4. The lowest BCUT2D eigenvalue weighted by Gasteiger charge is -2.08. The number of anilines is 2. The van der Waals surface area contributed by atoms with Crippen LogP contribution in [0.25, 0.3) is 0 Å². The zero-order valence-electron chi connectivity index (χ0n) is 10.1. The Morgan fingerprint density at radius 1 is 1.16 bits per heavy atom. The molecule has 0 amide bonds. The second kappa shape index (κ2) is 5.34. The summed E-state index contributed by atoms with van der Waals surface area (Å²) in [6.45, 7) is 0. The first kappa shape index (κ1) is 12.8. The summed E-state index contributed by atoms with van der Waals surface area (Å²) in [5.74, 6) is -0.316. The third-order valence-electron chi connectivity index (χ3n) is 2.52. The van der Waals surface area contributed by atoms with Crippen LogP contribution in [0, 0.1) is 15.9 Å². The van der Waals surface area contributed by atoms with E-state index >= 15 is 0 Å². The number of nitro groups is 1. The summed E-state index contributed by atoms with van der Waals surface area (Å²) in [5.41, 5.74) is 1.31. The quantitative estimate of drug-likeness (QED) is 0.676. The van der Waals surface area contributed by atoms with Gasteiger partial charge in [0.2, 0.25) is 0 Å². The van der Waals surface area contributed by atoms with E-state index in [1.54, 1.807) is 18.2 Å². The van der Waals surface area contributed by atoms with Gasteiger partial charge >= 0.3 is 0 Å². The number of hydrogen-bond donors (Lipinski definition) is 1. The zero-order chi connectivity index (χ0) is 13.8. The van der Waals surface area contributed by atoms with Crippen molar-refractivity contribution in [2.75, 3.05) is 12.4 Å². The lowest BCUT2D eigenvalue weighted by Crippen LogP contribution is -1.94. The van der Waals surface area contributed by atoms with Gasteiger partial charge in [-0.25, -0.2) is 4.39 Å². The van der Waals surface area contributed by atoms with Gasteiger partial charge in [-0.3, -0.25) is 10.1 Å². The fourth-order valence-corrected chi connectivity index (χ4v) is 1.57. The highest BCUT2D eigenvalue weighted by Crippen LogP contribution is 2.25. The number of benzene rings is 2. The third kappa shape index (κ3) is 2.98. The highest BCUT2D eigenvalue weighted by molar-refractivity contribution is 5.62. The molecule has 6 heteroatoms. The van der Waals surface area contributed by atoms with Gasteiger partial charge in [0.05, 0.1) is 12.0 Å². The first-order chi connectivity index (χ1) is 9.10. The smallest absolute Gasteiger partial charge is 0.269 e. The number of methoxy groups -OCH3 is 1. The minimum absolute atomic E-state index is 0.0160. The Morgan fingerprint density at radius 2 is 1.79 bits per heavy atom. The standard InChI is InChI=1S/C13H11FN2O3/c1-19-13-8-10(4-7-12(13)14)15-9-2-5-11(6-3-9)16(17)18/h2-8,15H,1H3. The van der Waals surface area contributed by atoms with Crippen molar-refractivity contribution in [2.45, 2.75) is 0 Å². The van der Waals surface area contributed by atoms with Gasteiger partial charge in [0.25, 0.3) is 5.69 Å². The van der Waals surface area contributed by atoms with E-state index in [0.717, 1.165) is 0 Å². The molecule has 0 atom stereocenters. The van der Waals surface area contributed by atoms with Crippen LogP contribution in [0.3, 0.4) is 0 Å². The van der Waals surface area contributed by atoms with Crippen molar-refractivity contribution in [3.63, 3.8) is 0 Å². The van der Waals surface area contributed by atoms with Gasteiger partial charge in [-0.1, -0.05) is 0 Å². The van der Waals surface area contributed by atoms with Crippen LogP contribution in [-0.2, 0) is 0 Å². The van der Waals surface area contributed by atoms with Crippen LogP contribution < -0.4 is 10.1 Å². The van der Waals surface area contributed by atoms with E-state index in [-0.39, 0.29) is 11.4 Å². The number of nitro benzene ring substituents is 1. The molecule has 5 nitrogen and oxygen atoms in total. The van der Waals surface area contributed by atoms with Gasteiger partial charge < -0.3 is 10.1 Å². The summed E-state index contributed by atoms with van der Waals surface area (Å²) >= 11 is 0. The molecule has 0 fully saturated rings. The van der Waals surface area contributed by atoms with Crippen LogP contribution in [0.15, 0.2) is 42.5 Å². The lowest BCUT2D eigenvalue weighted by molar-refractivity contribution is -0.384. The highest BCUT2D eigenvalue weighted by atomic mass is 19.1. The molecule has 19 heavy (non-hydrogen) atoms. The number of ether oxygens (including phenoxy) is 1.